The molecule has 0 aliphatic rings. The van der Waals surface area contributed by atoms with Crippen molar-refractivity contribution in [3.8, 4) is 11.4 Å². The highest BCUT2D eigenvalue weighted by molar-refractivity contribution is 5.76. The Hall–Kier alpha value is -3.63. The molecule has 2 heterocycles. The molecule has 0 aliphatic carbocycles. The number of fused-ring (bicyclic) bond motifs is 1. The van der Waals surface area contributed by atoms with E-state index in [1.165, 1.54) is 12.1 Å². The number of nitrogens with one attached hydrogen (secondary N) is 1. The predicted octanol–water partition coefficient (Wildman–Crippen LogP) is 7.02. The maximum Gasteiger partial charge on any atom is 0.573 e. The lowest BCUT2D eigenvalue weighted by Gasteiger charge is -2.22. The lowest BCUT2D eigenvalue weighted by atomic mass is 9.85. The normalized spacial score (nSPS) is 13.0. The van der Waals surface area contributed by atoms with Crippen molar-refractivity contribution >= 4 is 11.0 Å². The van der Waals surface area contributed by atoms with Gasteiger partial charge in [-0.25, -0.2) is 4.79 Å². The van der Waals surface area contributed by atoms with Gasteiger partial charge in [0, 0.05) is 35.3 Å². The van der Waals surface area contributed by atoms with E-state index in [0.717, 1.165) is 46.3 Å². The molecule has 4 aromatic rings. The van der Waals surface area contributed by atoms with Gasteiger partial charge in [0.2, 0.25) is 0 Å². The van der Waals surface area contributed by atoms with Crippen LogP contribution in [0.4, 0.5) is 13.2 Å². The molecule has 5 N–H and O–H groups in total. The Labute approximate surface area is 251 Å². The number of aromatic amines is 1. The number of rotatable bonds is 7. The number of ether oxygens (including phenoxy) is 1. The van der Waals surface area contributed by atoms with E-state index in [2.05, 4.69) is 35.5 Å². The van der Waals surface area contributed by atoms with Gasteiger partial charge >= 0.3 is 12.1 Å². The second kappa shape index (κ2) is 13.3. The van der Waals surface area contributed by atoms with Crippen LogP contribution in [0.1, 0.15) is 83.7 Å². The number of nitrogens with two attached hydrogens (primary N) is 2. The first-order valence-electron chi connectivity index (χ1n) is 14.4. The highest BCUT2D eigenvalue weighted by Gasteiger charge is 2.31. The van der Waals surface area contributed by atoms with Gasteiger partial charge in [-0.1, -0.05) is 59.7 Å². The van der Waals surface area contributed by atoms with E-state index in [1.807, 2.05) is 70.3 Å². The summed E-state index contributed by atoms with van der Waals surface area (Å²) in [5.41, 5.74) is 15.9. The third kappa shape index (κ3) is 9.96. The number of hydrogen-bond acceptors (Lipinski definition) is 5. The van der Waals surface area contributed by atoms with E-state index in [4.69, 9.17) is 11.5 Å². The van der Waals surface area contributed by atoms with Crippen LogP contribution in [0.25, 0.3) is 16.7 Å². The SMILES string of the molecule is CC(C)(C)c1cc2cn(-c3ccc(CN)cc3)c(=O)nc2[nH]1.C[C@H](N)CCCc1cc(OC(F)(F)F)cc(C(C)(C)C)c1. The largest absolute Gasteiger partial charge is 0.573 e. The lowest BCUT2D eigenvalue weighted by molar-refractivity contribution is -0.274. The van der Waals surface area contributed by atoms with Crippen LogP contribution in [0.2, 0.25) is 0 Å². The van der Waals surface area contributed by atoms with Gasteiger partial charge in [-0.2, -0.15) is 4.98 Å². The van der Waals surface area contributed by atoms with Crippen LogP contribution < -0.4 is 21.9 Å². The number of aryl methyl sites for hydroxylation is 1. The highest BCUT2D eigenvalue weighted by Crippen LogP contribution is 2.31. The van der Waals surface area contributed by atoms with Crippen LogP contribution in [0.15, 0.2) is 59.5 Å². The Bertz CT molecular complexity index is 1560. The van der Waals surface area contributed by atoms with Gasteiger partial charge in [0.05, 0.1) is 5.69 Å². The minimum absolute atomic E-state index is 0.0165. The summed E-state index contributed by atoms with van der Waals surface area (Å²) in [6.07, 6.45) is -0.459. The van der Waals surface area contributed by atoms with E-state index in [1.54, 1.807) is 4.57 Å². The fourth-order valence-electron chi connectivity index (χ4n) is 4.43. The van der Waals surface area contributed by atoms with Gasteiger partial charge in [0.15, 0.2) is 0 Å². The van der Waals surface area contributed by atoms with Crippen LogP contribution in [-0.2, 0) is 23.8 Å². The van der Waals surface area contributed by atoms with Crippen LogP contribution >= 0.6 is 0 Å². The van der Waals surface area contributed by atoms with Crippen LogP contribution in [0.5, 0.6) is 5.75 Å². The van der Waals surface area contributed by atoms with E-state index in [-0.39, 0.29) is 28.3 Å². The number of halogens is 3. The molecule has 0 saturated heterocycles. The molecule has 0 spiro atoms. The Balaban J connectivity index is 0.000000236. The monoisotopic (exact) mass is 599 g/mol. The summed E-state index contributed by atoms with van der Waals surface area (Å²) < 4.78 is 42.9. The molecule has 234 valence electrons. The van der Waals surface area contributed by atoms with Gasteiger partial charge < -0.3 is 21.2 Å². The Morgan fingerprint density at radius 3 is 2.14 bits per heavy atom. The van der Waals surface area contributed by atoms with Crippen molar-refractivity contribution in [1.82, 2.24) is 14.5 Å². The van der Waals surface area contributed by atoms with Gasteiger partial charge in [0.1, 0.15) is 11.4 Å². The van der Waals surface area contributed by atoms with Crippen molar-refractivity contribution in [1.29, 1.82) is 0 Å². The molecule has 1 atom stereocenters. The summed E-state index contributed by atoms with van der Waals surface area (Å²) in [7, 11) is 0. The minimum atomic E-state index is -4.67. The zero-order chi connectivity index (χ0) is 32.2. The van der Waals surface area contributed by atoms with Crippen molar-refractivity contribution in [3.05, 3.63) is 87.6 Å². The quantitative estimate of drug-likeness (QED) is 0.211. The summed E-state index contributed by atoms with van der Waals surface area (Å²) in [5, 5.41) is 0.924. The number of H-pyrrole nitrogens is 1. The molecule has 0 amide bonds. The van der Waals surface area contributed by atoms with Crippen molar-refractivity contribution < 1.29 is 17.9 Å². The second-order valence-corrected chi connectivity index (χ2v) is 13.0. The fourth-order valence-corrected chi connectivity index (χ4v) is 4.43. The molecular formula is C33H44F3N5O2. The molecule has 0 radical (unpaired) electrons. The van der Waals surface area contributed by atoms with Crippen molar-refractivity contribution in [2.45, 2.75) is 97.5 Å². The van der Waals surface area contributed by atoms with Gasteiger partial charge in [-0.15, -0.1) is 13.2 Å². The zero-order valence-electron chi connectivity index (χ0n) is 26.1. The van der Waals surface area contributed by atoms with E-state index < -0.39 is 6.36 Å². The fraction of sp³-hybridized carbons (Fsp3) is 0.455. The van der Waals surface area contributed by atoms with Crippen LogP contribution in [0.3, 0.4) is 0 Å². The molecule has 10 heteroatoms. The standard InChI is InChI=1S/C17H20N4O.C16H24F3NO/c1-17(2,3)14-8-12-10-21(16(22)20-15(12)19-14)13-6-4-11(9-18)5-7-13;1-11(20)6-5-7-12-8-13(15(2,3)4)10-14(9-12)21-16(17,18)19/h4-8,10H,9,18H2,1-3H3,(H,19,20,22);8-11H,5-7,20H2,1-4H3/t;11-/m.0/s1. The van der Waals surface area contributed by atoms with Crippen molar-refractivity contribution in [2.75, 3.05) is 0 Å². The molecule has 2 aromatic carbocycles. The first kappa shape index (κ1) is 33.9. The average Bonchev–Trinajstić information content (AvgIpc) is 3.30. The maximum atomic E-state index is 12.4. The molecule has 4 rings (SSSR count). The van der Waals surface area contributed by atoms with Gasteiger partial charge in [0.25, 0.3) is 0 Å². The van der Waals surface area contributed by atoms with Crippen molar-refractivity contribution in [3.63, 3.8) is 0 Å². The van der Waals surface area contributed by atoms with Crippen molar-refractivity contribution in [2.24, 2.45) is 11.5 Å². The molecule has 0 fully saturated rings. The summed E-state index contributed by atoms with van der Waals surface area (Å²) in [6.45, 7) is 14.7. The highest BCUT2D eigenvalue weighted by atomic mass is 19.4. The average molecular weight is 600 g/mol. The number of hydrogen-bond donors (Lipinski definition) is 3. The molecule has 0 aliphatic heterocycles. The summed E-state index contributed by atoms with van der Waals surface area (Å²) in [4.78, 5) is 19.6. The third-order valence-electron chi connectivity index (χ3n) is 6.96. The number of nitrogens with zero attached hydrogens (tertiary/aromatic N) is 2. The Morgan fingerprint density at radius 2 is 1.60 bits per heavy atom. The third-order valence-corrected chi connectivity index (χ3v) is 6.96. The van der Waals surface area contributed by atoms with Gasteiger partial charge in [-0.05, 0) is 78.6 Å². The molecular weight excluding hydrogens is 555 g/mol. The van der Waals surface area contributed by atoms with E-state index in [0.29, 0.717) is 18.6 Å². The first-order valence-corrected chi connectivity index (χ1v) is 14.4. The summed E-state index contributed by atoms with van der Waals surface area (Å²) in [5.74, 6) is -0.147. The topological polar surface area (TPSA) is 112 Å². The number of aromatic nitrogens is 3. The van der Waals surface area contributed by atoms with E-state index in [9.17, 15) is 18.0 Å². The number of benzene rings is 2. The number of alkyl halides is 3. The first-order chi connectivity index (χ1) is 19.9. The summed E-state index contributed by atoms with van der Waals surface area (Å²) >= 11 is 0. The van der Waals surface area contributed by atoms with Crippen LogP contribution in [-0.4, -0.2) is 26.9 Å². The maximum absolute atomic E-state index is 12.4. The molecule has 0 saturated carbocycles. The van der Waals surface area contributed by atoms with E-state index >= 15 is 0 Å². The van der Waals surface area contributed by atoms with Crippen LogP contribution in [0, 0.1) is 0 Å². The zero-order valence-corrected chi connectivity index (χ0v) is 26.1. The Morgan fingerprint density at radius 1 is 0.953 bits per heavy atom. The molecule has 2 aromatic heterocycles. The molecule has 0 unspecified atom stereocenters. The molecule has 0 bridgehead atoms. The molecule has 7 nitrogen and oxygen atoms in total. The minimum Gasteiger partial charge on any atom is -0.406 e. The van der Waals surface area contributed by atoms with Gasteiger partial charge in [-0.3, -0.25) is 4.57 Å². The second-order valence-electron chi connectivity index (χ2n) is 13.0. The summed E-state index contributed by atoms with van der Waals surface area (Å²) in [6, 6.07) is 14.6. The Kier molecular flexibility index (Phi) is 10.5. The predicted molar refractivity (Wildman–Crippen MR) is 167 cm³/mol. The molecule has 43 heavy (non-hydrogen) atoms. The lowest BCUT2D eigenvalue weighted by Crippen LogP contribution is -2.20. The smallest absolute Gasteiger partial charge is 0.406 e.